The van der Waals surface area contributed by atoms with Crippen LogP contribution in [-0.4, -0.2) is 50.9 Å². The lowest BCUT2D eigenvalue weighted by molar-refractivity contribution is -0.140. The highest BCUT2D eigenvalue weighted by Gasteiger charge is 2.35. The van der Waals surface area contributed by atoms with Gasteiger partial charge in [-0.3, -0.25) is 13.9 Å². The van der Waals surface area contributed by atoms with Gasteiger partial charge in [-0.1, -0.05) is 96.2 Å². The van der Waals surface area contributed by atoms with Crippen LogP contribution in [0.1, 0.15) is 42.4 Å². The Morgan fingerprint density at radius 1 is 0.875 bits per heavy atom. The van der Waals surface area contributed by atoms with Gasteiger partial charge in [-0.25, -0.2) is 8.42 Å². The van der Waals surface area contributed by atoms with Crippen molar-refractivity contribution in [3.8, 4) is 5.75 Å². The Bertz CT molecular complexity index is 1830. The highest BCUT2D eigenvalue weighted by molar-refractivity contribution is 7.92. The largest absolute Gasteiger partial charge is 0.497 e. The van der Waals surface area contributed by atoms with Crippen LogP contribution in [0.3, 0.4) is 0 Å². The SMILES string of the molecule is COc1cccc(N(CC(=O)N(Cc2ccc(Cl)c(Cl)c2)[C@H](Cc2ccccc2)C(=O)NC2CCCC2)S(=O)(=O)c2ccc(C)cc2)c1. The van der Waals surface area contributed by atoms with Crippen molar-refractivity contribution >= 4 is 50.7 Å². The fraction of sp³-hybridized carbons (Fsp3) is 0.297. The molecule has 11 heteroatoms. The summed E-state index contributed by atoms with van der Waals surface area (Å²) < 4.78 is 35.0. The zero-order valence-electron chi connectivity index (χ0n) is 26.9. The summed E-state index contributed by atoms with van der Waals surface area (Å²) in [6, 6.07) is 26.5. The number of hydrogen-bond donors (Lipinski definition) is 1. The molecule has 0 aromatic heterocycles. The lowest BCUT2D eigenvalue weighted by atomic mass is 10.0. The number of nitrogens with zero attached hydrogens (tertiary/aromatic N) is 2. The molecule has 0 spiro atoms. The van der Waals surface area contributed by atoms with E-state index in [1.54, 1.807) is 54.6 Å². The predicted molar refractivity (Wildman–Crippen MR) is 190 cm³/mol. The Balaban J connectivity index is 1.59. The van der Waals surface area contributed by atoms with Crippen LogP contribution in [0.4, 0.5) is 5.69 Å². The number of anilines is 1. The summed E-state index contributed by atoms with van der Waals surface area (Å²) in [5.74, 6) is -0.440. The van der Waals surface area contributed by atoms with Crippen molar-refractivity contribution in [2.45, 2.75) is 62.6 Å². The fourth-order valence-corrected chi connectivity index (χ4v) is 7.61. The van der Waals surface area contributed by atoms with Crippen LogP contribution in [-0.2, 0) is 32.6 Å². The summed E-state index contributed by atoms with van der Waals surface area (Å²) in [6.45, 7) is 1.28. The first-order valence-electron chi connectivity index (χ1n) is 15.9. The summed E-state index contributed by atoms with van der Waals surface area (Å²) in [6.07, 6.45) is 3.99. The van der Waals surface area contributed by atoms with Gasteiger partial charge in [-0.2, -0.15) is 0 Å². The number of benzene rings is 4. The Hall–Kier alpha value is -4.05. The third kappa shape index (κ3) is 8.69. The maximum atomic E-state index is 14.7. The molecule has 1 atom stereocenters. The van der Waals surface area contributed by atoms with E-state index in [0.29, 0.717) is 21.4 Å². The molecular weight excluding hydrogens is 669 g/mol. The van der Waals surface area contributed by atoms with E-state index in [2.05, 4.69) is 5.32 Å². The normalized spacial score (nSPS) is 13.9. The molecule has 4 aromatic carbocycles. The molecule has 1 aliphatic carbocycles. The second-order valence-corrected chi connectivity index (χ2v) is 14.7. The van der Waals surface area contributed by atoms with Crippen LogP contribution >= 0.6 is 23.2 Å². The standard InChI is InChI=1S/C37H39Cl2N3O5S/c1-26-15-18-32(19-16-26)48(45,46)42(30-13-8-14-31(23-30)47-2)25-36(43)41(24-28-17-20-33(38)34(39)21-28)35(22-27-9-4-3-5-10-27)37(44)40-29-11-6-7-12-29/h3-5,8-10,13-21,23,29,35H,6-7,11-12,22,24-25H2,1-2H3,(H,40,44)/t35-/m1/s1. The van der Waals surface area contributed by atoms with Gasteiger partial charge in [-0.15, -0.1) is 0 Å². The van der Waals surface area contributed by atoms with Crippen molar-refractivity contribution in [1.29, 1.82) is 0 Å². The number of methoxy groups -OCH3 is 1. The number of rotatable bonds is 13. The van der Waals surface area contributed by atoms with Gasteiger partial charge in [-0.05, 0) is 67.3 Å². The maximum Gasteiger partial charge on any atom is 0.264 e. The highest BCUT2D eigenvalue weighted by Crippen LogP contribution is 2.29. The lowest BCUT2D eigenvalue weighted by Crippen LogP contribution is -2.54. The Kier molecular flexibility index (Phi) is 11.7. The van der Waals surface area contributed by atoms with E-state index in [-0.39, 0.29) is 35.5 Å². The molecule has 0 heterocycles. The molecule has 0 radical (unpaired) electrons. The minimum absolute atomic E-state index is 0.00731. The average molecular weight is 709 g/mol. The summed E-state index contributed by atoms with van der Waals surface area (Å²) in [7, 11) is -2.76. The second-order valence-electron chi connectivity index (χ2n) is 12.0. The third-order valence-electron chi connectivity index (χ3n) is 8.54. The number of amides is 2. The van der Waals surface area contributed by atoms with Gasteiger partial charge < -0.3 is 15.0 Å². The highest BCUT2D eigenvalue weighted by atomic mass is 35.5. The first kappa shape index (κ1) is 35.3. The van der Waals surface area contributed by atoms with E-state index in [9.17, 15) is 18.0 Å². The van der Waals surface area contributed by atoms with Crippen molar-refractivity contribution < 1.29 is 22.7 Å². The molecule has 2 amide bonds. The van der Waals surface area contributed by atoms with Crippen LogP contribution in [0.5, 0.6) is 5.75 Å². The molecule has 0 bridgehead atoms. The minimum atomic E-state index is -4.24. The predicted octanol–water partition coefficient (Wildman–Crippen LogP) is 7.20. The Labute approximate surface area is 292 Å². The molecule has 0 aliphatic heterocycles. The molecular formula is C37H39Cl2N3O5S. The summed E-state index contributed by atoms with van der Waals surface area (Å²) >= 11 is 12.6. The van der Waals surface area contributed by atoms with Gasteiger partial charge >= 0.3 is 0 Å². The zero-order chi connectivity index (χ0) is 34.3. The second kappa shape index (κ2) is 15.9. The molecule has 1 saturated carbocycles. The third-order valence-corrected chi connectivity index (χ3v) is 11.1. The Morgan fingerprint density at radius 3 is 2.25 bits per heavy atom. The van der Waals surface area contributed by atoms with Gasteiger partial charge in [0, 0.05) is 25.1 Å². The Morgan fingerprint density at radius 2 is 1.58 bits per heavy atom. The topological polar surface area (TPSA) is 96.0 Å². The number of carbonyl (C=O) groups is 2. The van der Waals surface area contributed by atoms with Gasteiger partial charge in [0.2, 0.25) is 11.8 Å². The van der Waals surface area contributed by atoms with Crippen molar-refractivity contribution in [2.24, 2.45) is 0 Å². The smallest absolute Gasteiger partial charge is 0.264 e. The van der Waals surface area contributed by atoms with E-state index in [0.717, 1.165) is 41.1 Å². The van der Waals surface area contributed by atoms with Crippen LogP contribution in [0, 0.1) is 6.92 Å². The molecule has 0 unspecified atom stereocenters. The van der Waals surface area contributed by atoms with E-state index in [1.165, 1.54) is 24.1 Å². The summed E-state index contributed by atoms with van der Waals surface area (Å²) in [5.41, 5.74) is 2.63. The van der Waals surface area contributed by atoms with E-state index < -0.39 is 28.5 Å². The quantitative estimate of drug-likeness (QED) is 0.159. The number of halogens is 2. The molecule has 8 nitrogen and oxygen atoms in total. The number of nitrogens with one attached hydrogen (secondary N) is 1. The van der Waals surface area contributed by atoms with Gasteiger partial charge in [0.25, 0.3) is 10.0 Å². The molecule has 1 aliphatic rings. The monoisotopic (exact) mass is 707 g/mol. The van der Waals surface area contributed by atoms with Crippen LogP contribution in [0.25, 0.3) is 0 Å². The lowest BCUT2D eigenvalue weighted by Gasteiger charge is -2.34. The van der Waals surface area contributed by atoms with E-state index in [1.807, 2.05) is 37.3 Å². The number of aryl methyl sites for hydroxylation is 1. The number of hydrogen-bond acceptors (Lipinski definition) is 5. The van der Waals surface area contributed by atoms with Crippen molar-refractivity contribution in [1.82, 2.24) is 10.2 Å². The van der Waals surface area contributed by atoms with Gasteiger partial charge in [0.1, 0.15) is 18.3 Å². The molecule has 4 aromatic rings. The minimum Gasteiger partial charge on any atom is -0.497 e. The van der Waals surface area contributed by atoms with Crippen molar-refractivity contribution in [3.05, 3.63) is 124 Å². The van der Waals surface area contributed by atoms with Crippen LogP contribution in [0.15, 0.2) is 102 Å². The molecule has 252 valence electrons. The van der Waals surface area contributed by atoms with Crippen molar-refractivity contribution in [3.63, 3.8) is 0 Å². The summed E-state index contributed by atoms with van der Waals surface area (Å²) in [5, 5.41) is 3.83. The number of ether oxygens (including phenoxy) is 1. The first-order valence-corrected chi connectivity index (χ1v) is 18.1. The molecule has 0 saturated heterocycles. The molecule has 48 heavy (non-hydrogen) atoms. The number of carbonyl (C=O) groups excluding carboxylic acids is 2. The average Bonchev–Trinajstić information content (AvgIpc) is 3.60. The first-order chi connectivity index (χ1) is 23.0. The summed E-state index contributed by atoms with van der Waals surface area (Å²) in [4.78, 5) is 30.3. The van der Waals surface area contributed by atoms with Crippen LogP contribution < -0.4 is 14.4 Å². The van der Waals surface area contributed by atoms with Crippen LogP contribution in [0.2, 0.25) is 10.0 Å². The van der Waals surface area contributed by atoms with Crippen molar-refractivity contribution in [2.75, 3.05) is 18.0 Å². The van der Waals surface area contributed by atoms with E-state index >= 15 is 0 Å². The van der Waals surface area contributed by atoms with Gasteiger partial charge in [0.15, 0.2) is 0 Å². The van der Waals surface area contributed by atoms with E-state index in [4.69, 9.17) is 27.9 Å². The fourth-order valence-electron chi connectivity index (χ4n) is 5.89. The zero-order valence-corrected chi connectivity index (χ0v) is 29.3. The number of sulfonamides is 1. The maximum absolute atomic E-state index is 14.7. The molecule has 1 N–H and O–H groups in total. The van der Waals surface area contributed by atoms with Gasteiger partial charge in [0.05, 0.1) is 27.7 Å². The molecule has 1 fully saturated rings. The molecule has 5 rings (SSSR count).